The van der Waals surface area contributed by atoms with Crippen molar-refractivity contribution >= 4 is 0 Å². The van der Waals surface area contributed by atoms with Crippen LogP contribution in [0.3, 0.4) is 0 Å². The highest BCUT2D eigenvalue weighted by Crippen LogP contribution is 2.19. The highest BCUT2D eigenvalue weighted by molar-refractivity contribution is 4.83. The van der Waals surface area contributed by atoms with Gasteiger partial charge in [0.15, 0.2) is 0 Å². The Kier molecular flexibility index (Phi) is 9.47. The third kappa shape index (κ3) is 7.35. The molecule has 0 radical (unpaired) electrons. The number of aliphatic hydroxyl groups is 2. The van der Waals surface area contributed by atoms with Gasteiger partial charge < -0.3 is 24.9 Å². The van der Waals surface area contributed by atoms with Crippen LogP contribution in [0, 0.1) is 0 Å². The van der Waals surface area contributed by atoms with E-state index in [1.54, 1.807) is 0 Å². The van der Waals surface area contributed by atoms with E-state index < -0.39 is 0 Å². The zero-order valence-corrected chi connectivity index (χ0v) is 14.9. The van der Waals surface area contributed by atoms with Crippen LogP contribution >= 0.6 is 0 Å². The molecule has 0 bridgehead atoms. The molecule has 6 nitrogen and oxygen atoms in total. The predicted molar refractivity (Wildman–Crippen MR) is 91.0 cm³/mol. The molecule has 0 spiro atoms. The van der Waals surface area contributed by atoms with Crippen molar-refractivity contribution in [3.63, 3.8) is 0 Å². The first-order valence-corrected chi connectivity index (χ1v) is 8.50. The molecule has 1 unspecified atom stereocenters. The molecule has 0 amide bonds. The van der Waals surface area contributed by atoms with E-state index in [4.69, 9.17) is 5.11 Å². The van der Waals surface area contributed by atoms with Gasteiger partial charge in [0.05, 0.1) is 0 Å². The number of likely N-dealkylation sites (tertiary alicyclic amines) is 1. The van der Waals surface area contributed by atoms with Crippen molar-refractivity contribution in [1.29, 1.82) is 0 Å². The van der Waals surface area contributed by atoms with Crippen molar-refractivity contribution < 1.29 is 10.2 Å². The van der Waals surface area contributed by atoms with Gasteiger partial charge in [-0.05, 0) is 67.1 Å². The number of rotatable bonds is 4. The van der Waals surface area contributed by atoms with Crippen LogP contribution in [0.25, 0.3) is 0 Å². The molecule has 0 aromatic carbocycles. The van der Waals surface area contributed by atoms with Crippen LogP contribution in [0.1, 0.15) is 19.3 Å². The molecule has 0 aliphatic carbocycles. The first-order chi connectivity index (χ1) is 10.4. The van der Waals surface area contributed by atoms with Crippen LogP contribution in [0.2, 0.25) is 0 Å². The standard InChI is InChI=1S/C11H23N3O.C5H13NO/c1-12-5-3-10(4-6-12)14-8-7-13(2)9-11(14)15;1-6(2)4-3-5-7/h10-11,15H,3-9H2,1-2H3;7H,3-5H2,1-2H3. The molecule has 132 valence electrons. The average molecular weight is 316 g/mol. The molecule has 6 heteroatoms. The Morgan fingerprint density at radius 2 is 1.64 bits per heavy atom. The van der Waals surface area contributed by atoms with Crippen LogP contribution in [-0.4, -0.2) is 116 Å². The Morgan fingerprint density at radius 3 is 2.09 bits per heavy atom. The first-order valence-electron chi connectivity index (χ1n) is 8.50. The first kappa shape index (κ1) is 19.8. The SMILES string of the molecule is CN(C)CCCO.CN1CCC(N2CCN(C)CC2O)CC1. The highest BCUT2D eigenvalue weighted by Gasteiger charge is 2.30. The monoisotopic (exact) mass is 316 g/mol. The van der Waals surface area contributed by atoms with E-state index in [-0.39, 0.29) is 6.23 Å². The molecule has 0 saturated carbocycles. The molecule has 1 atom stereocenters. The van der Waals surface area contributed by atoms with Crippen LogP contribution in [0.15, 0.2) is 0 Å². The van der Waals surface area contributed by atoms with E-state index in [0.29, 0.717) is 12.6 Å². The van der Waals surface area contributed by atoms with Gasteiger partial charge in [-0.25, -0.2) is 0 Å². The van der Waals surface area contributed by atoms with E-state index in [0.717, 1.165) is 32.6 Å². The second-order valence-electron chi connectivity index (χ2n) is 6.90. The number of hydrogen-bond acceptors (Lipinski definition) is 6. The molecule has 2 aliphatic rings. The normalized spacial score (nSPS) is 26.0. The van der Waals surface area contributed by atoms with Crippen molar-refractivity contribution in [2.75, 3.05) is 74.1 Å². The van der Waals surface area contributed by atoms with Crippen molar-refractivity contribution in [2.24, 2.45) is 0 Å². The van der Waals surface area contributed by atoms with E-state index in [9.17, 15) is 5.11 Å². The molecule has 2 heterocycles. The molecule has 2 fully saturated rings. The summed E-state index contributed by atoms with van der Waals surface area (Å²) in [6.45, 7) is 6.53. The van der Waals surface area contributed by atoms with Gasteiger partial charge in [-0.1, -0.05) is 0 Å². The Labute approximate surface area is 136 Å². The maximum Gasteiger partial charge on any atom is 0.120 e. The fourth-order valence-electron chi connectivity index (χ4n) is 3.05. The molecule has 22 heavy (non-hydrogen) atoms. The predicted octanol–water partition coefficient (Wildman–Crippen LogP) is -0.423. The summed E-state index contributed by atoms with van der Waals surface area (Å²) in [4.78, 5) is 8.93. The summed E-state index contributed by atoms with van der Waals surface area (Å²) in [5, 5.41) is 18.3. The van der Waals surface area contributed by atoms with Gasteiger partial charge in [-0.15, -0.1) is 0 Å². The number of piperazine rings is 1. The summed E-state index contributed by atoms with van der Waals surface area (Å²) >= 11 is 0. The van der Waals surface area contributed by atoms with E-state index >= 15 is 0 Å². The van der Waals surface area contributed by atoms with Crippen molar-refractivity contribution in [3.05, 3.63) is 0 Å². The summed E-state index contributed by atoms with van der Waals surface area (Å²) in [6, 6.07) is 0.602. The lowest BCUT2D eigenvalue weighted by Crippen LogP contribution is -2.57. The number of β-amino-alcohol motifs (C(OH)–C–C–N with tert-alkyl or cyclic N) is 1. The maximum absolute atomic E-state index is 10.0. The van der Waals surface area contributed by atoms with Gasteiger partial charge >= 0.3 is 0 Å². The molecular formula is C16H36N4O2. The van der Waals surface area contributed by atoms with Crippen molar-refractivity contribution in [1.82, 2.24) is 19.6 Å². The summed E-state index contributed by atoms with van der Waals surface area (Å²) in [6.07, 6.45) is 3.04. The number of piperidine rings is 1. The Balaban J connectivity index is 0.000000295. The average Bonchev–Trinajstić information content (AvgIpc) is 2.47. The minimum atomic E-state index is -0.253. The Hall–Kier alpha value is -0.240. The van der Waals surface area contributed by atoms with Crippen LogP contribution in [0.4, 0.5) is 0 Å². The smallest absolute Gasteiger partial charge is 0.120 e. The minimum absolute atomic E-state index is 0.253. The minimum Gasteiger partial charge on any atom is -0.396 e. The zero-order valence-electron chi connectivity index (χ0n) is 14.9. The van der Waals surface area contributed by atoms with Crippen LogP contribution in [0.5, 0.6) is 0 Å². The number of hydrogen-bond donors (Lipinski definition) is 2. The van der Waals surface area contributed by atoms with Gasteiger partial charge in [0.1, 0.15) is 6.23 Å². The fraction of sp³-hybridized carbons (Fsp3) is 1.00. The van der Waals surface area contributed by atoms with E-state index in [1.165, 1.54) is 25.9 Å². The number of aliphatic hydroxyl groups excluding tert-OH is 2. The highest BCUT2D eigenvalue weighted by atomic mass is 16.3. The molecular weight excluding hydrogens is 280 g/mol. The summed E-state index contributed by atoms with van der Waals surface area (Å²) < 4.78 is 0. The van der Waals surface area contributed by atoms with Crippen LogP contribution < -0.4 is 0 Å². The van der Waals surface area contributed by atoms with Crippen molar-refractivity contribution in [3.8, 4) is 0 Å². The Bertz CT molecular complexity index is 283. The maximum atomic E-state index is 10.0. The molecule has 2 N–H and O–H groups in total. The third-order valence-electron chi connectivity index (χ3n) is 4.52. The molecule has 0 aromatic rings. The number of nitrogens with zero attached hydrogens (tertiary/aromatic N) is 4. The molecule has 0 aromatic heterocycles. The largest absolute Gasteiger partial charge is 0.396 e. The van der Waals surface area contributed by atoms with Gasteiger partial charge in [0.25, 0.3) is 0 Å². The van der Waals surface area contributed by atoms with Gasteiger partial charge in [-0.2, -0.15) is 0 Å². The molecule has 2 aliphatic heterocycles. The summed E-state index contributed by atoms with van der Waals surface area (Å²) in [7, 11) is 8.25. The van der Waals surface area contributed by atoms with Crippen molar-refractivity contribution in [2.45, 2.75) is 31.5 Å². The lowest BCUT2D eigenvalue weighted by atomic mass is 10.0. The molecule has 2 saturated heterocycles. The molecule has 2 rings (SSSR count). The van der Waals surface area contributed by atoms with Gasteiger partial charge in [0, 0.05) is 32.3 Å². The van der Waals surface area contributed by atoms with E-state index in [1.807, 2.05) is 14.1 Å². The lowest BCUT2D eigenvalue weighted by molar-refractivity contribution is -0.0816. The topological polar surface area (TPSA) is 53.4 Å². The third-order valence-corrected chi connectivity index (χ3v) is 4.52. The quantitative estimate of drug-likeness (QED) is 0.735. The zero-order chi connectivity index (χ0) is 16.5. The van der Waals surface area contributed by atoms with E-state index in [2.05, 4.69) is 33.7 Å². The van der Waals surface area contributed by atoms with Gasteiger partial charge in [0.2, 0.25) is 0 Å². The van der Waals surface area contributed by atoms with Gasteiger partial charge in [-0.3, -0.25) is 4.90 Å². The second kappa shape index (κ2) is 10.5. The lowest BCUT2D eigenvalue weighted by Gasteiger charge is -2.44. The fourth-order valence-corrected chi connectivity index (χ4v) is 3.05. The Morgan fingerprint density at radius 1 is 1.00 bits per heavy atom. The summed E-state index contributed by atoms with van der Waals surface area (Å²) in [5.74, 6) is 0. The van der Waals surface area contributed by atoms with Crippen LogP contribution in [-0.2, 0) is 0 Å². The second-order valence-corrected chi connectivity index (χ2v) is 6.90. The number of likely N-dealkylation sites (N-methyl/N-ethyl adjacent to an activating group) is 1. The summed E-state index contributed by atoms with van der Waals surface area (Å²) in [5.41, 5.74) is 0.